The van der Waals surface area contributed by atoms with Crippen molar-refractivity contribution in [2.24, 2.45) is 0 Å². The molecule has 0 heterocycles. The maximum absolute atomic E-state index is 2.47. The summed E-state index contributed by atoms with van der Waals surface area (Å²) in [6, 6.07) is 4.93. The van der Waals surface area contributed by atoms with E-state index >= 15 is 0 Å². The van der Waals surface area contributed by atoms with Gasteiger partial charge in [-0.1, -0.05) is 52.2 Å². The average molecular weight is 246 g/mol. The predicted octanol–water partition coefficient (Wildman–Crippen LogP) is 5.63. The van der Waals surface area contributed by atoms with E-state index in [1.807, 2.05) is 0 Å². The van der Waals surface area contributed by atoms with Crippen LogP contribution in [0.5, 0.6) is 0 Å². The fourth-order valence-corrected chi connectivity index (χ4v) is 2.59. The van der Waals surface area contributed by atoms with E-state index in [4.69, 9.17) is 0 Å². The molecular formula is C18H30. The molecule has 0 N–H and O–H groups in total. The van der Waals surface area contributed by atoms with Crippen molar-refractivity contribution in [1.82, 2.24) is 0 Å². The monoisotopic (exact) mass is 246 g/mol. The zero-order chi connectivity index (χ0) is 13.4. The lowest BCUT2D eigenvalue weighted by Crippen LogP contribution is -1.99. The minimum atomic E-state index is 1.24. The maximum atomic E-state index is 2.47. The standard InChI is InChI=1S/C18H30/c1-5-8-11-16-13-17(10-7-3)15(4)18(14-16)12-9-6-2/h13-14H,5-12H2,1-4H3. The molecule has 0 aliphatic rings. The second-order valence-corrected chi connectivity index (χ2v) is 5.50. The minimum absolute atomic E-state index is 1.24. The summed E-state index contributed by atoms with van der Waals surface area (Å²) in [5.41, 5.74) is 6.33. The van der Waals surface area contributed by atoms with Crippen molar-refractivity contribution in [3.8, 4) is 0 Å². The molecule has 0 bridgehead atoms. The van der Waals surface area contributed by atoms with Gasteiger partial charge in [0.15, 0.2) is 0 Å². The Kier molecular flexibility index (Phi) is 7.08. The molecule has 18 heavy (non-hydrogen) atoms. The Balaban J connectivity index is 2.94. The number of benzene rings is 1. The van der Waals surface area contributed by atoms with E-state index in [-0.39, 0.29) is 0 Å². The van der Waals surface area contributed by atoms with Crippen LogP contribution in [0.25, 0.3) is 0 Å². The Morgan fingerprint density at radius 3 is 1.83 bits per heavy atom. The molecule has 1 aromatic carbocycles. The van der Waals surface area contributed by atoms with Crippen LogP contribution >= 0.6 is 0 Å². The van der Waals surface area contributed by atoms with E-state index in [0.717, 1.165) is 0 Å². The van der Waals surface area contributed by atoms with Crippen LogP contribution < -0.4 is 0 Å². The van der Waals surface area contributed by atoms with Crippen LogP contribution in [0, 0.1) is 6.92 Å². The number of hydrogen-bond acceptors (Lipinski definition) is 0. The van der Waals surface area contributed by atoms with Crippen molar-refractivity contribution in [3.05, 3.63) is 34.4 Å². The molecule has 0 saturated carbocycles. The molecule has 0 aromatic heterocycles. The summed E-state index contributed by atoms with van der Waals surface area (Å²) < 4.78 is 0. The molecule has 0 fully saturated rings. The van der Waals surface area contributed by atoms with Crippen LogP contribution in [-0.4, -0.2) is 0 Å². The second kappa shape index (κ2) is 8.34. The van der Waals surface area contributed by atoms with Crippen LogP contribution in [0.4, 0.5) is 0 Å². The molecule has 0 unspecified atom stereocenters. The lowest BCUT2D eigenvalue weighted by Gasteiger charge is -2.14. The van der Waals surface area contributed by atoms with Crippen LogP contribution in [0.15, 0.2) is 12.1 Å². The van der Waals surface area contributed by atoms with Gasteiger partial charge in [0, 0.05) is 0 Å². The molecule has 1 aromatic rings. The lowest BCUT2D eigenvalue weighted by molar-refractivity contribution is 0.771. The van der Waals surface area contributed by atoms with Crippen LogP contribution in [-0.2, 0) is 19.3 Å². The van der Waals surface area contributed by atoms with Crippen LogP contribution in [0.2, 0.25) is 0 Å². The fraction of sp³-hybridized carbons (Fsp3) is 0.667. The summed E-state index contributed by atoms with van der Waals surface area (Å²) in [7, 11) is 0. The highest BCUT2D eigenvalue weighted by Gasteiger charge is 2.06. The van der Waals surface area contributed by atoms with Crippen molar-refractivity contribution in [2.75, 3.05) is 0 Å². The third-order valence-electron chi connectivity index (χ3n) is 3.82. The molecule has 0 saturated heterocycles. The van der Waals surface area contributed by atoms with E-state index in [2.05, 4.69) is 39.8 Å². The smallest absolute Gasteiger partial charge is 0.0276 e. The summed E-state index contributed by atoms with van der Waals surface area (Å²) in [6.07, 6.45) is 10.2. The summed E-state index contributed by atoms with van der Waals surface area (Å²) in [5.74, 6) is 0. The van der Waals surface area contributed by atoms with E-state index in [1.165, 1.54) is 51.4 Å². The number of rotatable bonds is 8. The minimum Gasteiger partial charge on any atom is -0.0654 e. The third-order valence-corrected chi connectivity index (χ3v) is 3.82. The van der Waals surface area contributed by atoms with Gasteiger partial charge in [-0.05, 0) is 61.3 Å². The van der Waals surface area contributed by atoms with Crippen molar-refractivity contribution in [1.29, 1.82) is 0 Å². The topological polar surface area (TPSA) is 0 Å². The first-order valence-corrected chi connectivity index (χ1v) is 7.84. The van der Waals surface area contributed by atoms with Crippen molar-refractivity contribution in [2.45, 2.75) is 79.1 Å². The van der Waals surface area contributed by atoms with Gasteiger partial charge in [0.1, 0.15) is 0 Å². The van der Waals surface area contributed by atoms with E-state index in [9.17, 15) is 0 Å². The van der Waals surface area contributed by atoms with E-state index in [0.29, 0.717) is 0 Å². The first-order chi connectivity index (χ1) is 8.72. The van der Waals surface area contributed by atoms with Gasteiger partial charge in [0.05, 0.1) is 0 Å². The molecule has 0 amide bonds. The Labute approximate surface area is 114 Å². The molecule has 0 aliphatic heterocycles. The Bertz CT molecular complexity index is 349. The van der Waals surface area contributed by atoms with E-state index < -0.39 is 0 Å². The largest absolute Gasteiger partial charge is 0.0654 e. The highest BCUT2D eigenvalue weighted by atomic mass is 14.1. The van der Waals surface area contributed by atoms with Gasteiger partial charge in [-0.2, -0.15) is 0 Å². The zero-order valence-electron chi connectivity index (χ0n) is 12.8. The van der Waals surface area contributed by atoms with Crippen LogP contribution in [0.3, 0.4) is 0 Å². The quantitative estimate of drug-likeness (QED) is 0.557. The SMILES string of the molecule is CCCCc1cc(CCC)c(C)c(CCCC)c1. The van der Waals surface area contributed by atoms with Gasteiger partial charge in [0.25, 0.3) is 0 Å². The normalized spacial score (nSPS) is 10.9. The van der Waals surface area contributed by atoms with E-state index in [1.54, 1.807) is 22.3 Å². The lowest BCUT2D eigenvalue weighted by atomic mass is 9.92. The maximum Gasteiger partial charge on any atom is -0.0276 e. The van der Waals surface area contributed by atoms with Gasteiger partial charge < -0.3 is 0 Å². The molecule has 0 spiro atoms. The first-order valence-electron chi connectivity index (χ1n) is 7.84. The molecule has 0 aliphatic carbocycles. The highest BCUT2D eigenvalue weighted by molar-refractivity contribution is 5.39. The summed E-state index contributed by atoms with van der Waals surface area (Å²) in [5, 5.41) is 0. The Morgan fingerprint density at radius 1 is 0.722 bits per heavy atom. The third kappa shape index (κ3) is 4.48. The molecule has 102 valence electrons. The van der Waals surface area contributed by atoms with Gasteiger partial charge in [-0.25, -0.2) is 0 Å². The average Bonchev–Trinajstić information content (AvgIpc) is 2.38. The van der Waals surface area contributed by atoms with Crippen molar-refractivity contribution in [3.63, 3.8) is 0 Å². The molecule has 0 atom stereocenters. The fourth-order valence-electron chi connectivity index (χ4n) is 2.59. The predicted molar refractivity (Wildman–Crippen MR) is 82.4 cm³/mol. The van der Waals surface area contributed by atoms with Gasteiger partial charge >= 0.3 is 0 Å². The summed E-state index contributed by atoms with van der Waals surface area (Å²) in [6.45, 7) is 9.16. The van der Waals surface area contributed by atoms with Gasteiger partial charge in [-0.3, -0.25) is 0 Å². The number of unbranched alkanes of at least 4 members (excludes halogenated alkanes) is 2. The first kappa shape index (κ1) is 15.3. The number of aryl methyl sites for hydroxylation is 3. The van der Waals surface area contributed by atoms with Crippen molar-refractivity contribution < 1.29 is 0 Å². The molecule has 0 heteroatoms. The Hall–Kier alpha value is -0.780. The zero-order valence-corrected chi connectivity index (χ0v) is 12.8. The number of hydrogen-bond donors (Lipinski definition) is 0. The molecule has 0 radical (unpaired) electrons. The highest BCUT2D eigenvalue weighted by Crippen LogP contribution is 2.21. The van der Waals surface area contributed by atoms with Crippen molar-refractivity contribution >= 4 is 0 Å². The summed E-state index contributed by atoms with van der Waals surface area (Å²) in [4.78, 5) is 0. The van der Waals surface area contributed by atoms with Gasteiger partial charge in [-0.15, -0.1) is 0 Å². The molecule has 1 rings (SSSR count). The summed E-state index contributed by atoms with van der Waals surface area (Å²) >= 11 is 0. The van der Waals surface area contributed by atoms with Crippen LogP contribution in [0.1, 0.15) is 75.1 Å². The molecular weight excluding hydrogens is 216 g/mol. The Morgan fingerprint density at radius 2 is 1.28 bits per heavy atom. The second-order valence-electron chi connectivity index (χ2n) is 5.50. The molecule has 0 nitrogen and oxygen atoms in total. The van der Waals surface area contributed by atoms with Gasteiger partial charge in [0.2, 0.25) is 0 Å².